The number of fused-ring (bicyclic) bond motifs is 1. The summed E-state index contributed by atoms with van der Waals surface area (Å²) in [5.74, 6) is -0.511. The number of nitrogens with one attached hydrogen (secondary N) is 2. The van der Waals surface area contributed by atoms with Crippen LogP contribution in [0.3, 0.4) is 0 Å². The van der Waals surface area contributed by atoms with E-state index in [4.69, 9.17) is 4.74 Å². The first-order valence-electron chi connectivity index (χ1n) is 7.85. The molecule has 0 spiro atoms. The van der Waals surface area contributed by atoms with Gasteiger partial charge in [-0.1, -0.05) is 27.7 Å². The van der Waals surface area contributed by atoms with Gasteiger partial charge in [-0.3, -0.25) is 19.5 Å². The van der Waals surface area contributed by atoms with Crippen molar-refractivity contribution in [3.63, 3.8) is 0 Å². The molecule has 0 radical (unpaired) electrons. The Balaban J connectivity index is 2.27. The van der Waals surface area contributed by atoms with Crippen LogP contribution in [0.5, 0.6) is 0 Å². The van der Waals surface area contributed by atoms with Gasteiger partial charge in [0.1, 0.15) is 0 Å². The molecule has 0 aliphatic heterocycles. The summed E-state index contributed by atoms with van der Waals surface area (Å²) in [4.78, 5) is 40.5. The highest BCUT2D eigenvalue weighted by molar-refractivity contribution is 9.10. The summed E-state index contributed by atoms with van der Waals surface area (Å²) in [6.45, 7) is 2.82. The van der Waals surface area contributed by atoms with E-state index in [9.17, 15) is 14.4 Å². The molecular weight excluding hydrogens is 424 g/mol. The van der Waals surface area contributed by atoms with Crippen LogP contribution in [0.4, 0.5) is 4.79 Å². The Labute approximate surface area is 162 Å². The predicted octanol–water partition coefficient (Wildman–Crippen LogP) is 1.74. The molecule has 10 heteroatoms. The van der Waals surface area contributed by atoms with Crippen LogP contribution in [-0.2, 0) is 16.1 Å². The number of hydrogen-bond acceptors (Lipinski definition) is 6. The van der Waals surface area contributed by atoms with E-state index in [2.05, 4.69) is 31.5 Å². The van der Waals surface area contributed by atoms with Crippen molar-refractivity contribution in [2.24, 2.45) is 0 Å². The third kappa shape index (κ3) is 5.29. The maximum Gasteiger partial charge on any atom is 0.321 e. The van der Waals surface area contributed by atoms with E-state index in [0.717, 1.165) is 16.2 Å². The number of carbonyl (C=O) groups is 2. The first-order valence-corrected chi connectivity index (χ1v) is 9.63. The lowest BCUT2D eigenvalue weighted by molar-refractivity contribution is -0.117. The second-order valence-corrected chi connectivity index (χ2v) is 7.06. The van der Waals surface area contributed by atoms with Gasteiger partial charge in [-0.25, -0.2) is 9.78 Å². The van der Waals surface area contributed by atoms with Gasteiger partial charge in [0, 0.05) is 18.1 Å². The zero-order valence-corrected chi connectivity index (χ0v) is 16.8. The SMILES string of the molecule is CCNC(=O)NC(=O)CSc1nc2ccc(Br)cc2c(=O)n1CCOC. The van der Waals surface area contributed by atoms with Crippen LogP contribution in [0.1, 0.15) is 6.92 Å². The molecule has 0 aliphatic carbocycles. The Morgan fingerprint density at radius 1 is 1.38 bits per heavy atom. The predicted molar refractivity (Wildman–Crippen MR) is 104 cm³/mol. The molecule has 1 aromatic heterocycles. The molecule has 0 aliphatic rings. The second kappa shape index (κ2) is 9.70. The van der Waals surface area contributed by atoms with E-state index in [-0.39, 0.29) is 11.3 Å². The van der Waals surface area contributed by atoms with Gasteiger partial charge in [-0.15, -0.1) is 0 Å². The molecule has 2 N–H and O–H groups in total. The van der Waals surface area contributed by atoms with Crippen LogP contribution >= 0.6 is 27.7 Å². The first kappa shape index (κ1) is 20.4. The lowest BCUT2D eigenvalue weighted by atomic mass is 10.2. The van der Waals surface area contributed by atoms with Crippen molar-refractivity contribution >= 4 is 50.5 Å². The lowest BCUT2D eigenvalue weighted by Gasteiger charge is -2.13. The van der Waals surface area contributed by atoms with E-state index in [1.54, 1.807) is 32.2 Å². The molecule has 2 aromatic rings. The Bertz CT molecular complexity index is 871. The normalized spacial score (nSPS) is 10.7. The highest BCUT2D eigenvalue weighted by Gasteiger charge is 2.14. The molecule has 0 bridgehead atoms. The summed E-state index contributed by atoms with van der Waals surface area (Å²) in [7, 11) is 1.54. The molecule has 140 valence electrons. The number of carbonyl (C=O) groups excluding carboxylic acids is 2. The average Bonchev–Trinajstić information content (AvgIpc) is 2.60. The molecular formula is C16H19BrN4O4S. The van der Waals surface area contributed by atoms with E-state index in [1.807, 2.05) is 0 Å². The van der Waals surface area contributed by atoms with Gasteiger partial charge in [-0.2, -0.15) is 0 Å². The van der Waals surface area contributed by atoms with Crippen LogP contribution in [-0.4, -0.2) is 47.5 Å². The molecule has 0 unspecified atom stereocenters. The minimum absolute atomic E-state index is 0.0431. The van der Waals surface area contributed by atoms with Gasteiger partial charge in [0.25, 0.3) is 5.56 Å². The Morgan fingerprint density at radius 3 is 2.85 bits per heavy atom. The topological polar surface area (TPSA) is 102 Å². The highest BCUT2D eigenvalue weighted by Crippen LogP contribution is 2.20. The number of thioether (sulfide) groups is 1. The molecule has 0 fully saturated rings. The van der Waals surface area contributed by atoms with Crippen molar-refractivity contribution in [1.82, 2.24) is 20.2 Å². The van der Waals surface area contributed by atoms with E-state index in [0.29, 0.717) is 35.8 Å². The van der Waals surface area contributed by atoms with Crippen molar-refractivity contribution in [3.8, 4) is 0 Å². The second-order valence-electron chi connectivity index (χ2n) is 5.20. The van der Waals surface area contributed by atoms with Crippen LogP contribution < -0.4 is 16.2 Å². The fourth-order valence-electron chi connectivity index (χ4n) is 2.16. The molecule has 3 amide bonds. The Morgan fingerprint density at radius 2 is 2.15 bits per heavy atom. The number of ether oxygens (including phenoxy) is 1. The van der Waals surface area contributed by atoms with E-state index in [1.165, 1.54) is 4.57 Å². The van der Waals surface area contributed by atoms with Crippen LogP contribution in [0.2, 0.25) is 0 Å². The number of amides is 3. The van der Waals surface area contributed by atoms with Gasteiger partial charge < -0.3 is 10.1 Å². The smallest absolute Gasteiger partial charge is 0.321 e. The summed E-state index contributed by atoms with van der Waals surface area (Å²) in [6.07, 6.45) is 0. The Kier molecular flexibility index (Phi) is 7.61. The van der Waals surface area contributed by atoms with Crippen molar-refractivity contribution in [3.05, 3.63) is 33.0 Å². The molecule has 1 heterocycles. The van der Waals surface area contributed by atoms with Crippen molar-refractivity contribution in [2.75, 3.05) is 26.0 Å². The number of methoxy groups -OCH3 is 1. The molecule has 8 nitrogen and oxygen atoms in total. The first-order chi connectivity index (χ1) is 12.5. The molecule has 1 aromatic carbocycles. The summed E-state index contributed by atoms with van der Waals surface area (Å²) in [5.41, 5.74) is 0.332. The standard InChI is InChI=1S/C16H19BrN4O4S/c1-3-18-15(24)20-13(22)9-26-16-19-12-5-4-10(17)8-11(12)14(23)21(16)6-7-25-2/h4-5,8H,3,6-7,9H2,1-2H3,(H2,18,20,22,24). The maximum atomic E-state index is 12.8. The summed E-state index contributed by atoms with van der Waals surface area (Å²) in [5, 5.41) is 5.57. The molecule has 2 rings (SSSR count). The van der Waals surface area contributed by atoms with E-state index < -0.39 is 11.9 Å². The summed E-state index contributed by atoms with van der Waals surface area (Å²) in [6, 6.07) is 4.70. The molecule has 0 saturated heterocycles. The number of nitrogens with zero attached hydrogens (tertiary/aromatic N) is 2. The lowest BCUT2D eigenvalue weighted by Crippen LogP contribution is -2.40. The monoisotopic (exact) mass is 442 g/mol. The maximum absolute atomic E-state index is 12.8. The van der Waals surface area contributed by atoms with Crippen LogP contribution in [0, 0.1) is 0 Å². The minimum atomic E-state index is -0.550. The van der Waals surface area contributed by atoms with Gasteiger partial charge in [-0.05, 0) is 25.1 Å². The molecule has 0 saturated carbocycles. The number of aromatic nitrogens is 2. The summed E-state index contributed by atoms with van der Waals surface area (Å²) < 4.78 is 7.31. The highest BCUT2D eigenvalue weighted by atomic mass is 79.9. The number of hydrogen-bond donors (Lipinski definition) is 2. The van der Waals surface area contributed by atoms with Crippen LogP contribution in [0.25, 0.3) is 10.9 Å². The zero-order chi connectivity index (χ0) is 19.1. The van der Waals surface area contributed by atoms with E-state index >= 15 is 0 Å². The molecule has 0 atom stereocenters. The summed E-state index contributed by atoms with van der Waals surface area (Å²) >= 11 is 4.44. The number of urea groups is 1. The number of rotatable bonds is 7. The fourth-order valence-corrected chi connectivity index (χ4v) is 3.35. The van der Waals surface area contributed by atoms with Gasteiger partial charge in [0.05, 0.1) is 29.8 Å². The fraction of sp³-hybridized carbons (Fsp3) is 0.375. The van der Waals surface area contributed by atoms with Gasteiger partial charge in [0.2, 0.25) is 5.91 Å². The zero-order valence-electron chi connectivity index (χ0n) is 14.4. The van der Waals surface area contributed by atoms with Gasteiger partial charge >= 0.3 is 6.03 Å². The molecule has 26 heavy (non-hydrogen) atoms. The van der Waals surface area contributed by atoms with Crippen molar-refractivity contribution in [1.29, 1.82) is 0 Å². The number of benzene rings is 1. The minimum Gasteiger partial charge on any atom is -0.383 e. The van der Waals surface area contributed by atoms with Crippen molar-refractivity contribution < 1.29 is 14.3 Å². The van der Waals surface area contributed by atoms with Crippen molar-refractivity contribution in [2.45, 2.75) is 18.6 Å². The number of imide groups is 1. The number of halogens is 1. The largest absolute Gasteiger partial charge is 0.383 e. The quantitative estimate of drug-likeness (QED) is 0.500. The Hall–Kier alpha value is -1.91. The van der Waals surface area contributed by atoms with Crippen LogP contribution in [0.15, 0.2) is 32.6 Å². The third-order valence-electron chi connectivity index (χ3n) is 3.32. The van der Waals surface area contributed by atoms with Gasteiger partial charge in [0.15, 0.2) is 5.16 Å². The third-order valence-corrected chi connectivity index (χ3v) is 4.79. The average molecular weight is 443 g/mol.